The second-order valence-corrected chi connectivity index (χ2v) is 8.48. The number of nitrogens with one attached hydrogen (secondary N) is 1. The fraction of sp³-hybridized carbons (Fsp3) is 0.440. The van der Waals surface area contributed by atoms with Crippen LogP contribution in [0.15, 0.2) is 42.9 Å². The minimum Gasteiger partial charge on any atom is -0.478 e. The molecule has 2 aromatic heterocycles. The van der Waals surface area contributed by atoms with Crippen molar-refractivity contribution in [3.63, 3.8) is 0 Å². The number of carbonyl (C=O) groups excluding carboxylic acids is 1. The molecule has 1 aromatic carbocycles. The van der Waals surface area contributed by atoms with Crippen LogP contribution in [-0.2, 0) is 0 Å². The van der Waals surface area contributed by atoms with Crippen LogP contribution in [0, 0.1) is 17.2 Å². The highest BCUT2D eigenvalue weighted by molar-refractivity contribution is 5.75. The number of carbonyl (C=O) groups is 1. The van der Waals surface area contributed by atoms with Crippen LogP contribution in [0.1, 0.15) is 51.1 Å². The van der Waals surface area contributed by atoms with Crippen molar-refractivity contribution in [1.29, 1.82) is 5.26 Å². The van der Waals surface area contributed by atoms with E-state index in [9.17, 15) is 10.1 Å². The third-order valence-corrected chi connectivity index (χ3v) is 6.56. The van der Waals surface area contributed by atoms with Crippen molar-refractivity contribution in [3.8, 4) is 23.2 Å². The molecular formula is C25H30N6O2. The molecule has 172 valence electrons. The van der Waals surface area contributed by atoms with Gasteiger partial charge in [0.05, 0.1) is 24.9 Å². The molecule has 4 rings (SSSR count). The van der Waals surface area contributed by atoms with Gasteiger partial charge in [-0.15, -0.1) is 0 Å². The fourth-order valence-corrected chi connectivity index (χ4v) is 4.67. The number of benzene rings is 1. The molecule has 0 spiro atoms. The van der Waals surface area contributed by atoms with Crippen LogP contribution >= 0.6 is 0 Å². The molecule has 0 saturated heterocycles. The molecule has 8 heteroatoms. The van der Waals surface area contributed by atoms with Crippen molar-refractivity contribution in [3.05, 3.63) is 48.4 Å². The monoisotopic (exact) mass is 446 g/mol. The fourth-order valence-electron chi connectivity index (χ4n) is 4.67. The van der Waals surface area contributed by atoms with Crippen molar-refractivity contribution < 1.29 is 9.53 Å². The number of hydrogen-bond acceptors (Lipinski definition) is 5. The maximum absolute atomic E-state index is 13.1. The van der Waals surface area contributed by atoms with E-state index in [-0.39, 0.29) is 18.0 Å². The van der Waals surface area contributed by atoms with E-state index in [0.717, 1.165) is 42.5 Å². The first kappa shape index (κ1) is 22.6. The molecule has 1 fully saturated rings. The first-order valence-electron chi connectivity index (χ1n) is 11.5. The molecule has 1 aliphatic carbocycles. The summed E-state index contributed by atoms with van der Waals surface area (Å²) in [6.07, 6.45) is 9.73. The number of ether oxygens (including phenoxy) is 1. The molecule has 0 radical (unpaired) electrons. The second kappa shape index (κ2) is 9.90. The predicted octanol–water partition coefficient (Wildman–Crippen LogP) is 4.58. The summed E-state index contributed by atoms with van der Waals surface area (Å²) >= 11 is 0. The highest BCUT2D eigenvalue weighted by Gasteiger charge is 2.29. The van der Waals surface area contributed by atoms with Crippen LogP contribution < -0.4 is 10.1 Å². The van der Waals surface area contributed by atoms with Crippen LogP contribution in [0.4, 0.5) is 4.79 Å². The third kappa shape index (κ3) is 4.63. The van der Waals surface area contributed by atoms with E-state index in [4.69, 9.17) is 4.74 Å². The topological polar surface area (TPSA) is 95.6 Å². The van der Waals surface area contributed by atoms with Crippen molar-refractivity contribution in [2.45, 2.75) is 51.6 Å². The number of amides is 2. The van der Waals surface area contributed by atoms with E-state index in [0.29, 0.717) is 18.1 Å². The van der Waals surface area contributed by atoms with Gasteiger partial charge in [0.1, 0.15) is 6.04 Å². The average Bonchev–Trinajstić information content (AvgIpc) is 3.54. The largest absolute Gasteiger partial charge is 0.478 e. The summed E-state index contributed by atoms with van der Waals surface area (Å²) in [6.45, 7) is 4.50. The summed E-state index contributed by atoms with van der Waals surface area (Å²) in [5.41, 5.74) is 3.33. The van der Waals surface area contributed by atoms with Crippen LogP contribution in [-0.4, -0.2) is 45.0 Å². The van der Waals surface area contributed by atoms with Gasteiger partial charge in [-0.05, 0) is 44.2 Å². The molecule has 2 atom stereocenters. The van der Waals surface area contributed by atoms with Gasteiger partial charge in [0.15, 0.2) is 5.65 Å². The summed E-state index contributed by atoms with van der Waals surface area (Å²) in [7, 11) is 1.58. The highest BCUT2D eigenvalue weighted by atomic mass is 16.5. The number of hydrogen-bond donors (Lipinski definition) is 1. The molecule has 3 aromatic rings. The molecule has 0 aliphatic heterocycles. The first-order chi connectivity index (χ1) is 16.0. The number of nitrogens with zero attached hydrogens (tertiary/aromatic N) is 5. The molecule has 1 unspecified atom stereocenters. The molecular weight excluding hydrogens is 416 g/mol. The summed E-state index contributed by atoms with van der Waals surface area (Å²) < 4.78 is 7.30. The Hall–Kier alpha value is -3.60. The summed E-state index contributed by atoms with van der Waals surface area (Å²) in [5, 5.41) is 12.6. The van der Waals surface area contributed by atoms with E-state index < -0.39 is 6.04 Å². The van der Waals surface area contributed by atoms with Crippen molar-refractivity contribution in [2.75, 3.05) is 13.7 Å². The minimum atomic E-state index is -0.439. The lowest BCUT2D eigenvalue weighted by molar-refractivity contribution is 0.178. The van der Waals surface area contributed by atoms with Gasteiger partial charge >= 0.3 is 6.03 Å². The Kier molecular flexibility index (Phi) is 6.78. The van der Waals surface area contributed by atoms with Gasteiger partial charge < -0.3 is 19.4 Å². The maximum Gasteiger partial charge on any atom is 0.318 e. The number of urea groups is 1. The lowest BCUT2D eigenvalue weighted by atomic mass is 9.99. The summed E-state index contributed by atoms with van der Waals surface area (Å²) in [4.78, 5) is 23.8. The van der Waals surface area contributed by atoms with E-state index in [1.54, 1.807) is 18.2 Å². The lowest BCUT2D eigenvalue weighted by Gasteiger charge is -2.30. The molecule has 2 amide bonds. The Balaban J connectivity index is 1.56. The highest BCUT2D eigenvalue weighted by Crippen LogP contribution is 2.29. The van der Waals surface area contributed by atoms with E-state index in [1.165, 1.54) is 0 Å². The van der Waals surface area contributed by atoms with Crippen molar-refractivity contribution >= 4 is 11.7 Å². The normalized spacial score (nSPS) is 15.7. The number of nitriles is 1. The second-order valence-electron chi connectivity index (χ2n) is 8.48. The van der Waals surface area contributed by atoms with Gasteiger partial charge in [-0.2, -0.15) is 5.26 Å². The van der Waals surface area contributed by atoms with Crippen molar-refractivity contribution in [1.82, 2.24) is 24.6 Å². The van der Waals surface area contributed by atoms with Crippen LogP contribution in [0.5, 0.6) is 5.88 Å². The smallest absolute Gasteiger partial charge is 0.318 e. The number of fused-ring (bicyclic) bond motifs is 1. The minimum absolute atomic E-state index is 0.170. The first-order valence-corrected chi connectivity index (χ1v) is 11.5. The number of imidazole rings is 1. The van der Waals surface area contributed by atoms with Crippen LogP contribution in [0.3, 0.4) is 0 Å². The molecule has 33 heavy (non-hydrogen) atoms. The molecule has 0 bridgehead atoms. The SMILES string of the molecule is CCN(C(=O)NC(C#N)C1CCCC1)[C@H](C)c1cccc(-c2cn3ccnc3c(OC)n2)c1. The molecule has 2 heterocycles. The van der Waals surface area contributed by atoms with Gasteiger partial charge in [-0.25, -0.2) is 14.8 Å². The number of methoxy groups -OCH3 is 1. The Morgan fingerprint density at radius 3 is 2.88 bits per heavy atom. The zero-order chi connectivity index (χ0) is 23.4. The van der Waals surface area contributed by atoms with Crippen molar-refractivity contribution in [2.24, 2.45) is 5.92 Å². The summed E-state index contributed by atoms with van der Waals surface area (Å²) in [6, 6.07) is 9.50. The Bertz CT molecular complexity index is 1160. The average molecular weight is 447 g/mol. The van der Waals surface area contributed by atoms with E-state index in [1.807, 2.05) is 54.9 Å². The van der Waals surface area contributed by atoms with Crippen LogP contribution in [0.25, 0.3) is 16.9 Å². The molecule has 8 nitrogen and oxygen atoms in total. The van der Waals surface area contributed by atoms with Gasteiger partial charge in [0.25, 0.3) is 5.88 Å². The van der Waals surface area contributed by atoms with E-state index >= 15 is 0 Å². The number of rotatable bonds is 7. The van der Waals surface area contributed by atoms with Gasteiger partial charge in [0, 0.05) is 30.7 Å². The summed E-state index contributed by atoms with van der Waals surface area (Å²) in [5.74, 6) is 0.704. The Labute approximate surface area is 194 Å². The van der Waals surface area contributed by atoms with Gasteiger partial charge in [-0.3, -0.25) is 0 Å². The Morgan fingerprint density at radius 2 is 2.18 bits per heavy atom. The predicted molar refractivity (Wildman–Crippen MR) is 126 cm³/mol. The van der Waals surface area contributed by atoms with Gasteiger partial charge in [0.2, 0.25) is 0 Å². The lowest BCUT2D eigenvalue weighted by Crippen LogP contribution is -2.47. The van der Waals surface area contributed by atoms with Gasteiger partial charge in [-0.1, -0.05) is 31.0 Å². The number of aromatic nitrogens is 3. The maximum atomic E-state index is 13.1. The zero-order valence-electron chi connectivity index (χ0n) is 19.4. The Morgan fingerprint density at radius 1 is 1.39 bits per heavy atom. The molecule has 1 N–H and O–H groups in total. The van der Waals surface area contributed by atoms with E-state index in [2.05, 4.69) is 21.4 Å². The third-order valence-electron chi connectivity index (χ3n) is 6.56. The zero-order valence-corrected chi connectivity index (χ0v) is 19.4. The molecule has 1 saturated carbocycles. The standard InChI is InChI=1S/C25H30N6O2/c1-4-31(25(32)29-21(15-26)18-8-5-6-9-18)17(2)19-10-7-11-20(14-19)22-16-30-13-12-27-23(30)24(28-22)33-3/h7,10-14,16-18,21H,4-6,8-9H2,1-3H3,(H,29,32)/t17-,21?/m1/s1. The quantitative estimate of drug-likeness (QED) is 0.573. The van der Waals surface area contributed by atoms with Crippen LogP contribution in [0.2, 0.25) is 0 Å². The molecule has 1 aliphatic rings.